The molecule has 0 aliphatic rings. The first-order valence-electron chi connectivity index (χ1n) is 6.89. The normalized spacial score (nSPS) is 11.3. The SMILES string of the molecule is Cc1cc(Cl)cc(-c2ccc3c(c2)oc2ccccc23)c1. The molecule has 0 saturated heterocycles. The van der Waals surface area contributed by atoms with Gasteiger partial charge in [0.2, 0.25) is 0 Å². The topological polar surface area (TPSA) is 13.1 Å². The second-order valence-corrected chi connectivity index (χ2v) is 5.76. The Morgan fingerprint density at radius 2 is 1.57 bits per heavy atom. The predicted octanol–water partition coefficient (Wildman–Crippen LogP) is 6.21. The van der Waals surface area contributed by atoms with E-state index in [0.717, 1.165) is 43.7 Å². The lowest BCUT2D eigenvalue weighted by Gasteiger charge is -2.04. The Kier molecular flexibility index (Phi) is 2.76. The molecule has 0 unspecified atom stereocenters. The van der Waals surface area contributed by atoms with Gasteiger partial charge in [0, 0.05) is 15.8 Å². The van der Waals surface area contributed by atoms with Crippen LogP contribution < -0.4 is 0 Å². The van der Waals surface area contributed by atoms with E-state index in [2.05, 4.69) is 37.3 Å². The molecular weight excluding hydrogens is 280 g/mol. The third kappa shape index (κ3) is 2.10. The third-order valence-electron chi connectivity index (χ3n) is 3.75. The molecule has 4 aromatic rings. The molecule has 4 rings (SSSR count). The van der Waals surface area contributed by atoms with E-state index in [1.54, 1.807) is 0 Å². The predicted molar refractivity (Wildman–Crippen MR) is 88.9 cm³/mol. The Morgan fingerprint density at radius 1 is 0.762 bits per heavy atom. The summed E-state index contributed by atoms with van der Waals surface area (Å²) in [6.45, 7) is 2.05. The van der Waals surface area contributed by atoms with Crippen molar-refractivity contribution in [2.24, 2.45) is 0 Å². The Morgan fingerprint density at radius 3 is 2.43 bits per heavy atom. The van der Waals surface area contributed by atoms with Crippen LogP contribution >= 0.6 is 11.6 Å². The summed E-state index contributed by atoms with van der Waals surface area (Å²) in [6.07, 6.45) is 0. The first-order valence-corrected chi connectivity index (χ1v) is 7.27. The zero-order chi connectivity index (χ0) is 14.4. The molecule has 0 spiro atoms. The highest BCUT2D eigenvalue weighted by molar-refractivity contribution is 6.31. The molecule has 1 aromatic heterocycles. The van der Waals surface area contributed by atoms with Gasteiger partial charge >= 0.3 is 0 Å². The van der Waals surface area contributed by atoms with Crippen LogP contribution in [-0.2, 0) is 0 Å². The quantitative estimate of drug-likeness (QED) is 0.406. The van der Waals surface area contributed by atoms with E-state index in [4.69, 9.17) is 16.0 Å². The van der Waals surface area contributed by atoms with Gasteiger partial charge in [-0.25, -0.2) is 0 Å². The van der Waals surface area contributed by atoms with Gasteiger partial charge in [-0.2, -0.15) is 0 Å². The fraction of sp³-hybridized carbons (Fsp3) is 0.0526. The summed E-state index contributed by atoms with van der Waals surface area (Å²) in [7, 11) is 0. The highest BCUT2D eigenvalue weighted by atomic mass is 35.5. The van der Waals surface area contributed by atoms with Crippen LogP contribution in [0.1, 0.15) is 5.56 Å². The number of fused-ring (bicyclic) bond motifs is 3. The van der Waals surface area contributed by atoms with E-state index in [0.29, 0.717) is 0 Å². The van der Waals surface area contributed by atoms with E-state index in [-0.39, 0.29) is 0 Å². The fourth-order valence-corrected chi connectivity index (χ4v) is 3.10. The smallest absolute Gasteiger partial charge is 0.136 e. The lowest BCUT2D eigenvalue weighted by Crippen LogP contribution is -1.80. The zero-order valence-corrected chi connectivity index (χ0v) is 12.3. The number of furan rings is 1. The molecule has 3 aromatic carbocycles. The second-order valence-electron chi connectivity index (χ2n) is 5.33. The van der Waals surface area contributed by atoms with Crippen molar-refractivity contribution in [3.05, 3.63) is 71.2 Å². The molecule has 0 aliphatic heterocycles. The molecule has 0 bridgehead atoms. The van der Waals surface area contributed by atoms with Crippen LogP contribution in [0.25, 0.3) is 33.1 Å². The van der Waals surface area contributed by atoms with Crippen LogP contribution in [0.15, 0.2) is 65.1 Å². The van der Waals surface area contributed by atoms with Crippen molar-refractivity contribution < 1.29 is 4.42 Å². The molecule has 1 nitrogen and oxygen atoms in total. The van der Waals surface area contributed by atoms with Crippen LogP contribution in [0.5, 0.6) is 0 Å². The van der Waals surface area contributed by atoms with Gasteiger partial charge in [-0.3, -0.25) is 0 Å². The van der Waals surface area contributed by atoms with Gasteiger partial charge in [-0.1, -0.05) is 41.9 Å². The van der Waals surface area contributed by atoms with E-state index >= 15 is 0 Å². The molecule has 0 radical (unpaired) electrons. The van der Waals surface area contributed by atoms with Crippen molar-refractivity contribution in [1.82, 2.24) is 0 Å². The van der Waals surface area contributed by atoms with Crippen LogP contribution in [-0.4, -0.2) is 0 Å². The Hall–Kier alpha value is -2.25. The summed E-state index contributed by atoms with van der Waals surface area (Å²) < 4.78 is 5.94. The van der Waals surface area contributed by atoms with E-state index < -0.39 is 0 Å². The molecule has 0 amide bonds. The van der Waals surface area contributed by atoms with Gasteiger partial charge in [0.15, 0.2) is 0 Å². The van der Waals surface area contributed by atoms with Gasteiger partial charge in [-0.05, 0) is 53.9 Å². The van der Waals surface area contributed by atoms with Crippen molar-refractivity contribution in [1.29, 1.82) is 0 Å². The summed E-state index contributed by atoms with van der Waals surface area (Å²) in [5, 5.41) is 3.06. The average Bonchev–Trinajstić information content (AvgIpc) is 2.83. The lowest BCUT2D eigenvalue weighted by molar-refractivity contribution is 0.669. The van der Waals surface area contributed by atoms with Gasteiger partial charge in [0.05, 0.1) is 0 Å². The van der Waals surface area contributed by atoms with Gasteiger partial charge < -0.3 is 4.42 Å². The number of rotatable bonds is 1. The molecule has 0 fully saturated rings. The van der Waals surface area contributed by atoms with E-state index in [9.17, 15) is 0 Å². The van der Waals surface area contributed by atoms with Crippen molar-refractivity contribution in [2.45, 2.75) is 6.92 Å². The number of para-hydroxylation sites is 1. The summed E-state index contributed by atoms with van der Waals surface area (Å²) in [5.74, 6) is 0. The number of benzene rings is 3. The Labute approximate surface area is 127 Å². The molecule has 0 aliphatic carbocycles. The highest BCUT2D eigenvalue weighted by Crippen LogP contribution is 2.33. The third-order valence-corrected chi connectivity index (χ3v) is 3.97. The van der Waals surface area contributed by atoms with Crippen molar-refractivity contribution in [2.75, 3.05) is 0 Å². The second kappa shape index (κ2) is 4.64. The van der Waals surface area contributed by atoms with E-state index in [1.807, 2.05) is 30.3 Å². The van der Waals surface area contributed by atoms with Crippen molar-refractivity contribution >= 4 is 33.5 Å². The lowest BCUT2D eigenvalue weighted by atomic mass is 10.0. The molecule has 0 saturated carbocycles. The molecule has 1 heterocycles. The molecule has 102 valence electrons. The number of halogens is 1. The highest BCUT2D eigenvalue weighted by Gasteiger charge is 2.08. The number of hydrogen-bond donors (Lipinski definition) is 0. The number of hydrogen-bond acceptors (Lipinski definition) is 1. The summed E-state index contributed by atoms with van der Waals surface area (Å²) in [6, 6.07) is 20.5. The molecule has 21 heavy (non-hydrogen) atoms. The zero-order valence-electron chi connectivity index (χ0n) is 11.6. The maximum Gasteiger partial charge on any atom is 0.136 e. The van der Waals surface area contributed by atoms with Crippen LogP contribution in [0.4, 0.5) is 0 Å². The summed E-state index contributed by atoms with van der Waals surface area (Å²) in [5.41, 5.74) is 5.22. The van der Waals surface area contributed by atoms with E-state index in [1.165, 1.54) is 0 Å². The van der Waals surface area contributed by atoms with Gasteiger partial charge in [0.1, 0.15) is 11.2 Å². The van der Waals surface area contributed by atoms with Crippen LogP contribution in [0.3, 0.4) is 0 Å². The average molecular weight is 293 g/mol. The first-order chi connectivity index (χ1) is 10.2. The molecule has 0 N–H and O–H groups in total. The van der Waals surface area contributed by atoms with Crippen LogP contribution in [0.2, 0.25) is 5.02 Å². The Bertz CT molecular complexity index is 946. The molecule has 2 heteroatoms. The van der Waals surface area contributed by atoms with Crippen molar-refractivity contribution in [3.8, 4) is 11.1 Å². The minimum Gasteiger partial charge on any atom is -0.456 e. The molecular formula is C19H13ClO. The summed E-state index contributed by atoms with van der Waals surface area (Å²) in [4.78, 5) is 0. The van der Waals surface area contributed by atoms with Gasteiger partial charge in [0.25, 0.3) is 0 Å². The minimum absolute atomic E-state index is 0.759. The van der Waals surface area contributed by atoms with Crippen LogP contribution in [0, 0.1) is 6.92 Å². The standard InChI is InChI=1S/C19H13ClO/c1-12-8-14(10-15(20)9-12)13-6-7-17-16-4-2-3-5-18(16)21-19(17)11-13/h2-11H,1H3. The maximum atomic E-state index is 6.16. The largest absolute Gasteiger partial charge is 0.456 e. The maximum absolute atomic E-state index is 6.16. The monoisotopic (exact) mass is 292 g/mol. The first kappa shape index (κ1) is 12.5. The number of aryl methyl sites for hydroxylation is 1. The fourth-order valence-electron chi connectivity index (χ4n) is 2.81. The van der Waals surface area contributed by atoms with Crippen molar-refractivity contribution in [3.63, 3.8) is 0 Å². The van der Waals surface area contributed by atoms with Gasteiger partial charge in [-0.15, -0.1) is 0 Å². The summed E-state index contributed by atoms with van der Waals surface area (Å²) >= 11 is 6.16. The minimum atomic E-state index is 0.759. The Balaban J connectivity index is 1.96. The molecule has 0 atom stereocenters.